The first kappa shape index (κ1) is 19.3. The Morgan fingerprint density at radius 2 is 2.00 bits per heavy atom. The van der Waals surface area contributed by atoms with Crippen LogP contribution in [-0.4, -0.2) is 18.6 Å². The minimum Gasteiger partial charge on any atom is -0.496 e. The Bertz CT molecular complexity index is 842. The van der Waals surface area contributed by atoms with Crippen molar-refractivity contribution >= 4 is 5.91 Å². The third kappa shape index (κ3) is 4.62. The van der Waals surface area contributed by atoms with E-state index in [1.54, 1.807) is 7.11 Å². The zero-order valence-corrected chi connectivity index (χ0v) is 16.9. The normalized spacial score (nSPS) is 17.6. The molecule has 0 spiro atoms. The molecule has 1 aliphatic rings. The van der Waals surface area contributed by atoms with Crippen LogP contribution in [0.3, 0.4) is 0 Å². The van der Waals surface area contributed by atoms with Gasteiger partial charge in [-0.2, -0.15) is 0 Å². The van der Waals surface area contributed by atoms with Gasteiger partial charge in [-0.25, -0.2) is 0 Å². The summed E-state index contributed by atoms with van der Waals surface area (Å²) in [5.41, 5.74) is 4.18. The number of carbonyl (C=O) groups is 1. The summed E-state index contributed by atoms with van der Waals surface area (Å²) < 4.78 is 11.4. The standard InChI is InChI=1S/C23H29NO3/c1-15-6-9-21-18(12-15)19(14-23(3,4)27-21)24-22(25)11-8-17-7-10-20(26-5)16(2)13-17/h6-7,9-10,12-13,19H,8,11,14H2,1-5H3,(H,24,25)/t19-/m1/s1. The summed E-state index contributed by atoms with van der Waals surface area (Å²) >= 11 is 0. The van der Waals surface area contributed by atoms with Crippen LogP contribution in [0.5, 0.6) is 11.5 Å². The third-order valence-corrected chi connectivity index (χ3v) is 5.06. The number of benzene rings is 2. The summed E-state index contributed by atoms with van der Waals surface area (Å²) in [5, 5.41) is 3.22. The molecule has 2 aromatic rings. The lowest BCUT2D eigenvalue weighted by Gasteiger charge is -2.38. The van der Waals surface area contributed by atoms with Crippen molar-refractivity contribution in [2.75, 3.05) is 7.11 Å². The van der Waals surface area contributed by atoms with E-state index in [0.717, 1.165) is 34.6 Å². The molecule has 1 amide bonds. The molecular weight excluding hydrogens is 338 g/mol. The summed E-state index contributed by atoms with van der Waals surface area (Å²) in [6.45, 7) is 8.21. The Labute approximate surface area is 161 Å². The van der Waals surface area contributed by atoms with E-state index in [1.165, 1.54) is 5.56 Å². The first-order chi connectivity index (χ1) is 12.8. The van der Waals surface area contributed by atoms with Crippen molar-refractivity contribution in [1.82, 2.24) is 5.32 Å². The predicted octanol–water partition coefficient (Wildman–Crippen LogP) is 4.66. The molecule has 0 fully saturated rings. The molecule has 1 heterocycles. The zero-order valence-electron chi connectivity index (χ0n) is 16.9. The fourth-order valence-electron chi connectivity index (χ4n) is 3.72. The highest BCUT2D eigenvalue weighted by Crippen LogP contribution is 2.39. The zero-order chi connectivity index (χ0) is 19.6. The first-order valence-electron chi connectivity index (χ1n) is 9.50. The van der Waals surface area contributed by atoms with E-state index < -0.39 is 0 Å². The van der Waals surface area contributed by atoms with Gasteiger partial charge in [-0.15, -0.1) is 0 Å². The van der Waals surface area contributed by atoms with Gasteiger partial charge in [0.25, 0.3) is 0 Å². The number of amides is 1. The molecule has 4 nitrogen and oxygen atoms in total. The highest BCUT2D eigenvalue weighted by Gasteiger charge is 2.34. The van der Waals surface area contributed by atoms with E-state index in [4.69, 9.17) is 9.47 Å². The minimum absolute atomic E-state index is 0.0197. The molecule has 0 saturated heterocycles. The maximum atomic E-state index is 12.6. The molecular formula is C23H29NO3. The maximum absolute atomic E-state index is 12.6. The second-order valence-corrected chi connectivity index (χ2v) is 8.03. The molecule has 1 atom stereocenters. The van der Waals surface area contributed by atoms with Gasteiger partial charge >= 0.3 is 0 Å². The Hall–Kier alpha value is -2.49. The summed E-state index contributed by atoms with van der Waals surface area (Å²) in [6, 6.07) is 12.2. The molecule has 4 heteroatoms. The Balaban J connectivity index is 1.67. The van der Waals surface area contributed by atoms with Crippen molar-refractivity contribution in [1.29, 1.82) is 0 Å². The average Bonchev–Trinajstić information content (AvgIpc) is 2.60. The van der Waals surface area contributed by atoms with Crippen LogP contribution in [-0.2, 0) is 11.2 Å². The number of methoxy groups -OCH3 is 1. The number of hydrogen-bond donors (Lipinski definition) is 1. The molecule has 2 aromatic carbocycles. The van der Waals surface area contributed by atoms with Crippen LogP contribution in [0.4, 0.5) is 0 Å². The Morgan fingerprint density at radius 3 is 2.70 bits per heavy atom. The van der Waals surface area contributed by atoms with Gasteiger partial charge in [0.2, 0.25) is 5.91 Å². The monoisotopic (exact) mass is 367 g/mol. The van der Waals surface area contributed by atoms with E-state index in [2.05, 4.69) is 38.2 Å². The lowest BCUT2D eigenvalue weighted by Crippen LogP contribution is -2.41. The van der Waals surface area contributed by atoms with Gasteiger partial charge in [0.1, 0.15) is 17.1 Å². The van der Waals surface area contributed by atoms with Crippen molar-refractivity contribution in [3.63, 3.8) is 0 Å². The lowest BCUT2D eigenvalue weighted by atomic mass is 9.89. The van der Waals surface area contributed by atoms with Gasteiger partial charge in [0.05, 0.1) is 13.2 Å². The van der Waals surface area contributed by atoms with Gasteiger partial charge in [-0.05, 0) is 57.4 Å². The number of fused-ring (bicyclic) bond motifs is 1. The van der Waals surface area contributed by atoms with Gasteiger partial charge in [-0.1, -0.05) is 29.8 Å². The fraction of sp³-hybridized carbons (Fsp3) is 0.435. The van der Waals surface area contributed by atoms with Crippen molar-refractivity contribution in [3.8, 4) is 11.5 Å². The average molecular weight is 367 g/mol. The Kier molecular flexibility index (Phi) is 5.45. The van der Waals surface area contributed by atoms with Crippen LogP contribution >= 0.6 is 0 Å². The van der Waals surface area contributed by atoms with E-state index in [9.17, 15) is 4.79 Å². The quantitative estimate of drug-likeness (QED) is 0.836. The number of rotatable bonds is 5. The third-order valence-electron chi connectivity index (χ3n) is 5.06. The number of nitrogens with one attached hydrogen (secondary N) is 1. The van der Waals surface area contributed by atoms with Gasteiger partial charge in [-0.3, -0.25) is 4.79 Å². The highest BCUT2D eigenvalue weighted by molar-refractivity contribution is 5.77. The molecule has 1 N–H and O–H groups in total. The number of aryl methyl sites for hydroxylation is 3. The van der Waals surface area contributed by atoms with Crippen molar-refractivity contribution in [2.24, 2.45) is 0 Å². The maximum Gasteiger partial charge on any atom is 0.220 e. The summed E-state index contributed by atoms with van der Waals surface area (Å²) in [7, 11) is 1.67. The molecule has 0 aliphatic carbocycles. The van der Waals surface area contributed by atoms with E-state index >= 15 is 0 Å². The van der Waals surface area contributed by atoms with Gasteiger partial charge < -0.3 is 14.8 Å². The van der Waals surface area contributed by atoms with Crippen LogP contribution in [0, 0.1) is 13.8 Å². The second kappa shape index (κ2) is 7.63. The minimum atomic E-state index is -0.298. The van der Waals surface area contributed by atoms with Crippen molar-refractivity contribution < 1.29 is 14.3 Å². The summed E-state index contributed by atoms with van der Waals surface area (Å²) in [4.78, 5) is 12.6. The molecule has 0 saturated carbocycles. The van der Waals surface area contributed by atoms with Crippen LogP contribution in [0.15, 0.2) is 36.4 Å². The molecule has 144 valence electrons. The summed E-state index contributed by atoms with van der Waals surface area (Å²) in [5.74, 6) is 1.81. The van der Waals surface area contributed by atoms with Crippen molar-refractivity contribution in [3.05, 3.63) is 58.7 Å². The Morgan fingerprint density at radius 1 is 1.22 bits per heavy atom. The fourth-order valence-corrected chi connectivity index (χ4v) is 3.72. The molecule has 0 unspecified atom stereocenters. The number of ether oxygens (including phenoxy) is 2. The van der Waals surface area contributed by atoms with Crippen molar-refractivity contribution in [2.45, 2.75) is 58.6 Å². The molecule has 1 aliphatic heterocycles. The molecule has 27 heavy (non-hydrogen) atoms. The SMILES string of the molecule is COc1ccc(CCC(=O)N[C@@H]2CC(C)(C)Oc3ccc(C)cc32)cc1C. The second-order valence-electron chi connectivity index (χ2n) is 8.03. The highest BCUT2D eigenvalue weighted by atomic mass is 16.5. The van der Waals surface area contributed by atoms with Crippen LogP contribution in [0.1, 0.15) is 55.0 Å². The predicted molar refractivity (Wildman–Crippen MR) is 107 cm³/mol. The largest absolute Gasteiger partial charge is 0.496 e. The molecule has 0 aromatic heterocycles. The number of hydrogen-bond acceptors (Lipinski definition) is 3. The summed E-state index contributed by atoms with van der Waals surface area (Å²) in [6.07, 6.45) is 1.94. The first-order valence-corrected chi connectivity index (χ1v) is 9.50. The molecule has 3 rings (SSSR count). The number of carbonyl (C=O) groups excluding carboxylic acids is 1. The van der Waals surface area contributed by atoms with E-state index in [-0.39, 0.29) is 17.6 Å². The van der Waals surface area contributed by atoms with Crippen LogP contribution < -0.4 is 14.8 Å². The van der Waals surface area contributed by atoms with Crippen LogP contribution in [0.25, 0.3) is 0 Å². The van der Waals surface area contributed by atoms with E-state index in [0.29, 0.717) is 12.8 Å². The van der Waals surface area contributed by atoms with E-state index in [1.807, 2.05) is 31.2 Å². The van der Waals surface area contributed by atoms with Gasteiger partial charge in [0.15, 0.2) is 0 Å². The molecule has 0 radical (unpaired) electrons. The van der Waals surface area contributed by atoms with Crippen LogP contribution in [0.2, 0.25) is 0 Å². The molecule has 0 bridgehead atoms. The van der Waals surface area contributed by atoms with Gasteiger partial charge in [0, 0.05) is 18.4 Å². The topological polar surface area (TPSA) is 47.6 Å². The lowest BCUT2D eigenvalue weighted by molar-refractivity contribution is -0.122. The smallest absolute Gasteiger partial charge is 0.220 e.